The summed E-state index contributed by atoms with van der Waals surface area (Å²) >= 11 is 0. The highest BCUT2D eigenvalue weighted by Crippen LogP contribution is 2.29. The molecule has 0 aliphatic rings. The molecule has 132 valence electrons. The Morgan fingerprint density at radius 3 is 2.58 bits per heavy atom. The molecule has 1 heterocycles. The fourth-order valence-electron chi connectivity index (χ4n) is 2.55. The van der Waals surface area contributed by atoms with E-state index in [1.54, 1.807) is 31.4 Å². The number of hydrogen-bond acceptors (Lipinski definition) is 4. The molecule has 1 amide bonds. The van der Waals surface area contributed by atoms with Crippen LogP contribution in [0.5, 0.6) is 11.5 Å². The van der Waals surface area contributed by atoms with Crippen LogP contribution in [0.4, 0.5) is 5.69 Å². The van der Waals surface area contributed by atoms with E-state index in [0.29, 0.717) is 22.7 Å². The molecule has 0 unspecified atom stereocenters. The van der Waals surface area contributed by atoms with Crippen molar-refractivity contribution in [3.8, 4) is 11.5 Å². The molecular formula is C20H18N2O4. The second-order valence-corrected chi connectivity index (χ2v) is 5.53. The van der Waals surface area contributed by atoms with Crippen molar-refractivity contribution in [1.29, 1.82) is 0 Å². The first kappa shape index (κ1) is 17.3. The van der Waals surface area contributed by atoms with Gasteiger partial charge in [-0.15, -0.1) is 0 Å². The van der Waals surface area contributed by atoms with E-state index >= 15 is 0 Å². The van der Waals surface area contributed by atoms with Crippen molar-refractivity contribution >= 4 is 28.6 Å². The molecule has 3 rings (SSSR count). The Balaban J connectivity index is 1.78. The van der Waals surface area contributed by atoms with Crippen LogP contribution in [-0.4, -0.2) is 25.1 Å². The summed E-state index contributed by atoms with van der Waals surface area (Å²) in [4.78, 5) is 27.0. The van der Waals surface area contributed by atoms with Gasteiger partial charge in [-0.3, -0.25) is 9.59 Å². The molecule has 6 nitrogen and oxygen atoms in total. The summed E-state index contributed by atoms with van der Waals surface area (Å²) in [7, 11) is 3.06. The molecule has 0 aliphatic carbocycles. The number of anilines is 1. The number of carbonyl (C=O) groups is 1. The number of aromatic amines is 1. The van der Waals surface area contributed by atoms with Crippen LogP contribution in [0.15, 0.2) is 59.4 Å². The number of nitrogens with one attached hydrogen (secondary N) is 2. The summed E-state index contributed by atoms with van der Waals surface area (Å²) in [6.45, 7) is 0. The van der Waals surface area contributed by atoms with Crippen molar-refractivity contribution < 1.29 is 14.3 Å². The topological polar surface area (TPSA) is 80.4 Å². The number of ether oxygens (including phenoxy) is 2. The lowest BCUT2D eigenvalue weighted by atomic mass is 10.1. The fraction of sp³-hybridized carbons (Fsp3) is 0.100. The zero-order valence-electron chi connectivity index (χ0n) is 14.4. The lowest BCUT2D eigenvalue weighted by Crippen LogP contribution is -2.11. The van der Waals surface area contributed by atoms with E-state index in [4.69, 9.17) is 9.47 Å². The Morgan fingerprint density at radius 2 is 1.81 bits per heavy atom. The molecule has 0 bridgehead atoms. The van der Waals surface area contributed by atoms with Gasteiger partial charge in [0.2, 0.25) is 5.91 Å². The quantitative estimate of drug-likeness (QED) is 0.693. The number of fused-ring (bicyclic) bond motifs is 1. The number of hydrogen-bond donors (Lipinski definition) is 2. The first-order chi connectivity index (χ1) is 12.6. The van der Waals surface area contributed by atoms with Crippen molar-refractivity contribution in [3.63, 3.8) is 0 Å². The predicted molar refractivity (Wildman–Crippen MR) is 102 cm³/mol. The average Bonchev–Trinajstić information content (AvgIpc) is 2.66. The van der Waals surface area contributed by atoms with E-state index in [1.165, 1.54) is 19.3 Å². The molecule has 0 atom stereocenters. The molecule has 1 aromatic heterocycles. The van der Waals surface area contributed by atoms with Gasteiger partial charge in [-0.2, -0.15) is 0 Å². The van der Waals surface area contributed by atoms with Crippen LogP contribution in [0.25, 0.3) is 17.0 Å². The second kappa shape index (κ2) is 7.57. The zero-order chi connectivity index (χ0) is 18.5. The number of aromatic nitrogens is 1. The zero-order valence-corrected chi connectivity index (χ0v) is 14.4. The van der Waals surface area contributed by atoms with Crippen LogP contribution in [0, 0.1) is 0 Å². The monoisotopic (exact) mass is 350 g/mol. The van der Waals surface area contributed by atoms with Crippen LogP contribution < -0.4 is 20.3 Å². The number of H-pyrrole nitrogens is 1. The highest BCUT2D eigenvalue weighted by Gasteiger charge is 2.06. The summed E-state index contributed by atoms with van der Waals surface area (Å²) in [5.41, 5.74) is 1.47. The van der Waals surface area contributed by atoms with Gasteiger partial charge >= 0.3 is 0 Å². The standard InChI is InChI=1S/C20H18N2O4/c1-25-17-9-8-15(12-18(17)26-2)21-19(23)10-7-14-11-13-5-3-4-6-16(13)22-20(14)24/h3-12H,1-2H3,(H,21,23)(H,22,24)/b10-7+. The predicted octanol–water partition coefficient (Wildman–Crippen LogP) is 3.20. The summed E-state index contributed by atoms with van der Waals surface area (Å²) in [5.74, 6) is 0.730. The Labute approximate surface area is 150 Å². The Bertz CT molecular complexity index is 1040. The minimum absolute atomic E-state index is 0.251. The smallest absolute Gasteiger partial charge is 0.255 e. The largest absolute Gasteiger partial charge is 0.493 e. The van der Waals surface area contributed by atoms with Gasteiger partial charge in [-0.25, -0.2) is 0 Å². The number of pyridine rings is 1. The third-order valence-electron chi connectivity index (χ3n) is 3.85. The molecule has 0 spiro atoms. The Morgan fingerprint density at radius 1 is 1.04 bits per heavy atom. The SMILES string of the molecule is COc1ccc(NC(=O)/C=C/c2cc3ccccc3[nH]c2=O)cc1OC. The van der Waals surface area contributed by atoms with Crippen molar-refractivity contribution in [1.82, 2.24) is 4.98 Å². The maximum Gasteiger partial charge on any atom is 0.255 e. The molecule has 2 aromatic carbocycles. The normalized spacial score (nSPS) is 10.8. The van der Waals surface area contributed by atoms with Crippen LogP contribution in [-0.2, 0) is 4.79 Å². The number of amides is 1. The lowest BCUT2D eigenvalue weighted by Gasteiger charge is -2.09. The molecule has 3 aromatic rings. The van der Waals surface area contributed by atoms with Gasteiger partial charge in [0.1, 0.15) is 0 Å². The molecule has 0 saturated heterocycles. The van der Waals surface area contributed by atoms with Crippen molar-refractivity contribution in [2.45, 2.75) is 0 Å². The molecule has 0 aliphatic heterocycles. The van der Waals surface area contributed by atoms with Gasteiger partial charge in [-0.05, 0) is 35.7 Å². The highest BCUT2D eigenvalue weighted by atomic mass is 16.5. The maximum absolute atomic E-state index is 12.1. The number of rotatable bonds is 5. The summed E-state index contributed by atoms with van der Waals surface area (Å²) in [6, 6.07) is 14.3. The summed E-state index contributed by atoms with van der Waals surface area (Å²) in [6.07, 6.45) is 2.80. The molecular weight excluding hydrogens is 332 g/mol. The third kappa shape index (κ3) is 3.75. The van der Waals surface area contributed by atoms with E-state index in [0.717, 1.165) is 10.9 Å². The molecule has 0 radical (unpaired) electrons. The molecule has 26 heavy (non-hydrogen) atoms. The molecule has 0 saturated carbocycles. The summed E-state index contributed by atoms with van der Waals surface area (Å²) in [5, 5.41) is 3.62. The Hall–Kier alpha value is -3.54. The minimum atomic E-state index is -0.357. The van der Waals surface area contributed by atoms with E-state index < -0.39 is 0 Å². The lowest BCUT2D eigenvalue weighted by molar-refractivity contribution is -0.111. The highest BCUT2D eigenvalue weighted by molar-refractivity contribution is 6.02. The molecule has 2 N–H and O–H groups in total. The van der Waals surface area contributed by atoms with Crippen LogP contribution in [0.1, 0.15) is 5.56 Å². The number of methoxy groups -OCH3 is 2. The van der Waals surface area contributed by atoms with Gasteiger partial charge in [-0.1, -0.05) is 18.2 Å². The van der Waals surface area contributed by atoms with E-state index in [2.05, 4.69) is 10.3 Å². The van der Waals surface area contributed by atoms with Crippen molar-refractivity contribution in [3.05, 3.63) is 70.5 Å². The average molecular weight is 350 g/mol. The van der Waals surface area contributed by atoms with Gasteiger partial charge in [0.15, 0.2) is 11.5 Å². The number of para-hydroxylation sites is 1. The maximum atomic E-state index is 12.1. The molecule has 0 fully saturated rings. The van der Waals surface area contributed by atoms with E-state index in [9.17, 15) is 9.59 Å². The first-order valence-corrected chi connectivity index (χ1v) is 7.94. The van der Waals surface area contributed by atoms with Gasteiger partial charge in [0.05, 0.1) is 14.2 Å². The van der Waals surface area contributed by atoms with Crippen molar-refractivity contribution in [2.75, 3.05) is 19.5 Å². The van der Waals surface area contributed by atoms with Gasteiger partial charge in [0, 0.05) is 28.9 Å². The van der Waals surface area contributed by atoms with Crippen LogP contribution in [0.3, 0.4) is 0 Å². The van der Waals surface area contributed by atoms with E-state index in [-0.39, 0.29) is 11.5 Å². The number of benzene rings is 2. The summed E-state index contributed by atoms with van der Waals surface area (Å²) < 4.78 is 10.4. The Kier molecular flexibility index (Phi) is 5.03. The van der Waals surface area contributed by atoms with Crippen LogP contribution >= 0.6 is 0 Å². The third-order valence-corrected chi connectivity index (χ3v) is 3.85. The first-order valence-electron chi connectivity index (χ1n) is 7.94. The number of carbonyl (C=O) groups excluding carboxylic acids is 1. The fourth-order valence-corrected chi connectivity index (χ4v) is 2.55. The van der Waals surface area contributed by atoms with Gasteiger partial charge < -0.3 is 19.8 Å². The van der Waals surface area contributed by atoms with Crippen molar-refractivity contribution in [2.24, 2.45) is 0 Å². The second-order valence-electron chi connectivity index (χ2n) is 5.53. The molecule has 6 heteroatoms. The van der Waals surface area contributed by atoms with E-state index in [1.807, 2.05) is 24.3 Å². The van der Waals surface area contributed by atoms with Gasteiger partial charge in [0.25, 0.3) is 5.56 Å². The minimum Gasteiger partial charge on any atom is -0.493 e. The van der Waals surface area contributed by atoms with Crippen LogP contribution in [0.2, 0.25) is 0 Å².